The highest BCUT2D eigenvalue weighted by atomic mass is 16.4. The van der Waals surface area contributed by atoms with Gasteiger partial charge in [-0.2, -0.15) is 0 Å². The second-order valence-corrected chi connectivity index (χ2v) is 3.83. The molecule has 2 aromatic rings. The fourth-order valence-electron chi connectivity index (χ4n) is 1.61. The number of hydrogen-bond donors (Lipinski definition) is 4. The normalized spacial score (nSPS) is 10.0. The van der Waals surface area contributed by atoms with E-state index < -0.39 is 23.4 Å². The number of benzene rings is 1. The van der Waals surface area contributed by atoms with Gasteiger partial charge in [0.25, 0.3) is 5.91 Å². The van der Waals surface area contributed by atoms with Crippen molar-refractivity contribution in [2.24, 2.45) is 0 Å². The number of amides is 1. The van der Waals surface area contributed by atoms with E-state index in [9.17, 15) is 19.8 Å². The summed E-state index contributed by atoms with van der Waals surface area (Å²) in [6.07, 6.45) is 1.31. The van der Waals surface area contributed by atoms with E-state index in [0.29, 0.717) is 0 Å². The average Bonchev–Trinajstić information content (AvgIpc) is 2.38. The van der Waals surface area contributed by atoms with Crippen molar-refractivity contribution in [2.75, 3.05) is 5.32 Å². The Morgan fingerprint density at radius 3 is 2.30 bits per heavy atom. The van der Waals surface area contributed by atoms with Crippen LogP contribution in [0.4, 0.5) is 5.82 Å². The maximum absolute atomic E-state index is 12.0. The molecule has 0 fully saturated rings. The molecular formula is C13H10N2O5. The molecule has 102 valence electrons. The van der Waals surface area contributed by atoms with Crippen molar-refractivity contribution in [3.05, 3.63) is 47.7 Å². The van der Waals surface area contributed by atoms with Crippen LogP contribution in [0.3, 0.4) is 0 Å². The van der Waals surface area contributed by atoms with Gasteiger partial charge in [-0.25, -0.2) is 9.78 Å². The number of carboxylic acid groups (broad SMARTS) is 1. The molecule has 0 radical (unpaired) electrons. The summed E-state index contributed by atoms with van der Waals surface area (Å²) in [6.45, 7) is 0. The molecule has 0 spiro atoms. The number of carbonyl (C=O) groups is 2. The molecule has 0 unspecified atom stereocenters. The van der Waals surface area contributed by atoms with Gasteiger partial charge in [0, 0.05) is 6.20 Å². The Bertz CT molecular complexity index is 664. The first-order chi connectivity index (χ1) is 9.50. The lowest BCUT2D eigenvalue weighted by molar-refractivity contribution is 0.0697. The van der Waals surface area contributed by atoms with Crippen molar-refractivity contribution < 1.29 is 24.9 Å². The van der Waals surface area contributed by atoms with Crippen LogP contribution in [0, 0.1) is 0 Å². The van der Waals surface area contributed by atoms with Gasteiger partial charge in [0.1, 0.15) is 28.4 Å². The van der Waals surface area contributed by atoms with Crippen LogP contribution in [-0.2, 0) is 0 Å². The summed E-state index contributed by atoms with van der Waals surface area (Å²) < 4.78 is 0. The summed E-state index contributed by atoms with van der Waals surface area (Å²) in [6, 6.07) is 6.51. The van der Waals surface area contributed by atoms with Crippen LogP contribution >= 0.6 is 0 Å². The van der Waals surface area contributed by atoms with Gasteiger partial charge in [-0.1, -0.05) is 6.07 Å². The van der Waals surface area contributed by atoms with Crippen molar-refractivity contribution in [2.45, 2.75) is 0 Å². The van der Waals surface area contributed by atoms with Crippen LogP contribution in [0.1, 0.15) is 20.7 Å². The predicted molar refractivity (Wildman–Crippen MR) is 68.9 cm³/mol. The van der Waals surface area contributed by atoms with Gasteiger partial charge in [-0.3, -0.25) is 4.79 Å². The minimum Gasteiger partial charge on any atom is -0.507 e. The van der Waals surface area contributed by atoms with Crippen LogP contribution in [-0.4, -0.2) is 32.2 Å². The number of nitrogens with zero attached hydrogens (tertiary/aromatic N) is 1. The Hall–Kier alpha value is -3.09. The molecule has 0 aliphatic rings. The van der Waals surface area contributed by atoms with Crippen molar-refractivity contribution in [1.29, 1.82) is 0 Å². The van der Waals surface area contributed by atoms with E-state index in [2.05, 4.69) is 10.3 Å². The molecular weight excluding hydrogens is 264 g/mol. The van der Waals surface area contributed by atoms with Crippen molar-refractivity contribution in [1.82, 2.24) is 4.98 Å². The lowest BCUT2D eigenvalue weighted by Gasteiger charge is -2.09. The molecule has 0 bridgehead atoms. The number of anilines is 1. The Kier molecular flexibility index (Phi) is 3.52. The zero-order chi connectivity index (χ0) is 14.7. The number of phenolic OH excluding ortho intramolecular Hbond substituents is 2. The molecule has 0 aliphatic heterocycles. The molecule has 0 saturated heterocycles. The van der Waals surface area contributed by atoms with E-state index in [1.54, 1.807) is 0 Å². The molecule has 1 heterocycles. The topological polar surface area (TPSA) is 120 Å². The third-order valence-electron chi connectivity index (χ3n) is 2.52. The number of rotatable bonds is 3. The van der Waals surface area contributed by atoms with E-state index in [1.165, 1.54) is 36.5 Å². The maximum atomic E-state index is 12.0. The highest BCUT2D eigenvalue weighted by Gasteiger charge is 2.19. The first-order valence-electron chi connectivity index (χ1n) is 5.51. The number of aromatic nitrogens is 1. The molecule has 1 aromatic heterocycles. The molecule has 20 heavy (non-hydrogen) atoms. The molecule has 7 nitrogen and oxygen atoms in total. The molecule has 0 aliphatic carbocycles. The Morgan fingerprint density at radius 1 is 1.05 bits per heavy atom. The Labute approximate surface area is 113 Å². The third-order valence-corrected chi connectivity index (χ3v) is 2.52. The Balaban J connectivity index is 2.36. The van der Waals surface area contributed by atoms with E-state index in [4.69, 9.17) is 5.11 Å². The van der Waals surface area contributed by atoms with E-state index in [1.807, 2.05) is 0 Å². The smallest absolute Gasteiger partial charge is 0.339 e. The number of hydrogen-bond acceptors (Lipinski definition) is 5. The lowest BCUT2D eigenvalue weighted by Crippen LogP contribution is -2.16. The first kappa shape index (κ1) is 13.3. The van der Waals surface area contributed by atoms with E-state index >= 15 is 0 Å². The summed E-state index contributed by atoms with van der Waals surface area (Å²) in [5.41, 5.74) is -0.551. The number of aromatic carboxylic acids is 1. The summed E-state index contributed by atoms with van der Waals surface area (Å²) in [7, 11) is 0. The molecule has 1 aromatic carbocycles. The van der Waals surface area contributed by atoms with E-state index in [-0.39, 0.29) is 16.9 Å². The third kappa shape index (κ3) is 2.51. The van der Waals surface area contributed by atoms with Crippen molar-refractivity contribution >= 4 is 17.7 Å². The summed E-state index contributed by atoms with van der Waals surface area (Å²) in [4.78, 5) is 26.7. The molecule has 4 N–H and O–H groups in total. The standard InChI is InChI=1S/C13H10N2O5/c16-8-4-1-5-9(17)10(8)12(18)15-11-7(13(19)20)3-2-6-14-11/h1-6,16-17H,(H,19,20)(H,14,15,18). The van der Waals surface area contributed by atoms with Gasteiger partial charge in [0.05, 0.1) is 0 Å². The molecule has 1 amide bonds. The van der Waals surface area contributed by atoms with Crippen LogP contribution in [0.15, 0.2) is 36.5 Å². The maximum Gasteiger partial charge on any atom is 0.339 e. The van der Waals surface area contributed by atoms with Crippen LogP contribution in [0.2, 0.25) is 0 Å². The summed E-state index contributed by atoms with van der Waals surface area (Å²) >= 11 is 0. The van der Waals surface area contributed by atoms with Crippen LogP contribution in [0.25, 0.3) is 0 Å². The number of aromatic hydroxyl groups is 2. The molecule has 0 saturated carbocycles. The van der Waals surface area contributed by atoms with Crippen molar-refractivity contribution in [3.8, 4) is 11.5 Å². The second-order valence-electron chi connectivity index (χ2n) is 3.83. The van der Waals surface area contributed by atoms with Gasteiger partial charge >= 0.3 is 5.97 Å². The first-order valence-corrected chi connectivity index (χ1v) is 5.51. The van der Waals surface area contributed by atoms with Gasteiger partial charge in [0.15, 0.2) is 0 Å². The largest absolute Gasteiger partial charge is 0.507 e. The van der Waals surface area contributed by atoms with Crippen molar-refractivity contribution in [3.63, 3.8) is 0 Å². The quantitative estimate of drug-likeness (QED) is 0.672. The van der Waals surface area contributed by atoms with E-state index in [0.717, 1.165) is 0 Å². The Morgan fingerprint density at radius 2 is 1.70 bits per heavy atom. The number of nitrogens with one attached hydrogen (secondary N) is 1. The second kappa shape index (κ2) is 5.27. The zero-order valence-electron chi connectivity index (χ0n) is 10.1. The van der Waals surface area contributed by atoms with Gasteiger partial charge in [0.2, 0.25) is 0 Å². The fourth-order valence-corrected chi connectivity index (χ4v) is 1.61. The fraction of sp³-hybridized carbons (Fsp3) is 0. The molecule has 2 rings (SSSR count). The summed E-state index contributed by atoms with van der Waals surface area (Å²) in [5, 5.41) is 30.3. The minimum atomic E-state index is -1.25. The molecule has 7 heteroatoms. The number of carbonyl (C=O) groups excluding carboxylic acids is 1. The number of carboxylic acids is 1. The van der Waals surface area contributed by atoms with Crippen LogP contribution in [0.5, 0.6) is 11.5 Å². The zero-order valence-corrected chi connectivity index (χ0v) is 10.1. The highest BCUT2D eigenvalue weighted by Crippen LogP contribution is 2.27. The van der Waals surface area contributed by atoms with Gasteiger partial charge < -0.3 is 20.6 Å². The predicted octanol–water partition coefficient (Wildman–Crippen LogP) is 1.44. The lowest BCUT2D eigenvalue weighted by atomic mass is 10.1. The minimum absolute atomic E-state index is 0.173. The van der Waals surface area contributed by atoms with Crippen LogP contribution < -0.4 is 5.32 Å². The van der Waals surface area contributed by atoms with Gasteiger partial charge in [-0.15, -0.1) is 0 Å². The monoisotopic (exact) mass is 274 g/mol. The van der Waals surface area contributed by atoms with Gasteiger partial charge in [-0.05, 0) is 24.3 Å². The number of phenols is 2. The summed E-state index contributed by atoms with van der Waals surface area (Å²) in [5.74, 6) is -3.13. The number of pyridine rings is 1. The SMILES string of the molecule is O=C(O)c1cccnc1NC(=O)c1c(O)cccc1O. The molecule has 0 atom stereocenters. The average molecular weight is 274 g/mol. The highest BCUT2D eigenvalue weighted by molar-refractivity contribution is 6.09.